The third-order valence-electron chi connectivity index (χ3n) is 3.84. The molecule has 1 aliphatic rings. The van der Waals surface area contributed by atoms with E-state index in [4.69, 9.17) is 0 Å². The molecule has 0 aliphatic carbocycles. The molecule has 1 aromatic heterocycles. The van der Waals surface area contributed by atoms with Crippen LogP contribution in [0.25, 0.3) is 0 Å². The number of piperidine rings is 1. The van der Waals surface area contributed by atoms with Gasteiger partial charge in [-0.05, 0) is 25.3 Å². The molecule has 0 aromatic carbocycles. The van der Waals surface area contributed by atoms with Crippen LogP contribution < -0.4 is 5.32 Å². The molecule has 1 aromatic rings. The Bertz CT molecular complexity index is 543. The van der Waals surface area contributed by atoms with E-state index in [0.717, 1.165) is 32.1 Å². The summed E-state index contributed by atoms with van der Waals surface area (Å²) in [6, 6.07) is 1.83. The maximum atomic E-state index is 12.9. The molecule has 0 saturated carbocycles. The molecule has 6 heteroatoms. The van der Waals surface area contributed by atoms with Gasteiger partial charge in [-0.15, -0.1) is 0 Å². The number of anilines is 1. The average molecular weight is 297 g/mol. The number of aromatic nitrogens is 1. The molecule has 1 N–H and O–H groups in total. The molecule has 2 rings (SSSR count). The molecule has 0 amide bonds. The Balaban J connectivity index is 2.37. The van der Waals surface area contributed by atoms with Crippen molar-refractivity contribution < 1.29 is 8.42 Å². The number of nitrogens with one attached hydrogen (secondary N) is 1. The van der Waals surface area contributed by atoms with Crippen LogP contribution in [-0.2, 0) is 10.0 Å². The van der Waals surface area contributed by atoms with Crippen LogP contribution in [0.2, 0.25) is 0 Å². The predicted molar refractivity (Wildman–Crippen MR) is 80.2 cm³/mol. The Morgan fingerprint density at radius 1 is 1.45 bits per heavy atom. The number of rotatable bonds is 5. The zero-order valence-electron chi connectivity index (χ0n) is 12.2. The van der Waals surface area contributed by atoms with Gasteiger partial charge in [0.1, 0.15) is 4.90 Å². The molecular formula is C14H23N3O2S. The van der Waals surface area contributed by atoms with Crippen molar-refractivity contribution in [3.8, 4) is 0 Å². The highest BCUT2D eigenvalue weighted by molar-refractivity contribution is 7.89. The van der Waals surface area contributed by atoms with Crippen molar-refractivity contribution >= 4 is 15.7 Å². The van der Waals surface area contributed by atoms with E-state index in [1.165, 1.54) is 6.20 Å². The summed E-state index contributed by atoms with van der Waals surface area (Å²) in [7, 11) is -1.74. The molecule has 1 saturated heterocycles. The van der Waals surface area contributed by atoms with Gasteiger partial charge in [0, 0.05) is 32.0 Å². The van der Waals surface area contributed by atoms with Gasteiger partial charge in [-0.3, -0.25) is 4.98 Å². The fourth-order valence-electron chi connectivity index (χ4n) is 2.83. The Labute approximate surface area is 121 Å². The van der Waals surface area contributed by atoms with Gasteiger partial charge in [0.15, 0.2) is 0 Å². The molecule has 20 heavy (non-hydrogen) atoms. The highest BCUT2D eigenvalue weighted by atomic mass is 32.2. The Morgan fingerprint density at radius 2 is 2.25 bits per heavy atom. The third-order valence-corrected chi connectivity index (χ3v) is 5.81. The maximum Gasteiger partial charge on any atom is 0.246 e. The maximum absolute atomic E-state index is 12.9. The van der Waals surface area contributed by atoms with Crippen LogP contribution in [0.4, 0.5) is 5.69 Å². The van der Waals surface area contributed by atoms with Gasteiger partial charge < -0.3 is 5.32 Å². The first-order valence-corrected chi connectivity index (χ1v) is 8.69. The lowest BCUT2D eigenvalue weighted by Gasteiger charge is -2.34. The summed E-state index contributed by atoms with van der Waals surface area (Å²) in [5.41, 5.74) is 0.612. The van der Waals surface area contributed by atoms with Crippen LogP contribution in [-0.4, -0.2) is 37.3 Å². The van der Waals surface area contributed by atoms with Crippen molar-refractivity contribution in [3.63, 3.8) is 0 Å². The first-order valence-electron chi connectivity index (χ1n) is 7.25. The molecule has 5 nitrogen and oxygen atoms in total. The minimum Gasteiger partial charge on any atom is -0.387 e. The fraction of sp³-hybridized carbons (Fsp3) is 0.643. The first-order chi connectivity index (χ1) is 9.61. The first kappa shape index (κ1) is 15.3. The zero-order valence-corrected chi connectivity index (χ0v) is 13.0. The molecule has 0 radical (unpaired) electrons. The van der Waals surface area contributed by atoms with Gasteiger partial charge in [0.2, 0.25) is 10.0 Å². The highest BCUT2D eigenvalue weighted by Crippen LogP contribution is 2.30. The van der Waals surface area contributed by atoms with Crippen LogP contribution in [0.5, 0.6) is 0 Å². The molecule has 1 fully saturated rings. The Kier molecular flexibility index (Phi) is 4.99. The summed E-state index contributed by atoms with van der Waals surface area (Å²) in [5.74, 6) is 0. The van der Waals surface area contributed by atoms with E-state index in [2.05, 4.69) is 17.2 Å². The summed E-state index contributed by atoms with van der Waals surface area (Å²) in [6.45, 7) is 2.72. The van der Waals surface area contributed by atoms with Crippen LogP contribution in [0.15, 0.2) is 23.4 Å². The molecule has 112 valence electrons. The van der Waals surface area contributed by atoms with Crippen molar-refractivity contribution in [2.24, 2.45) is 0 Å². The van der Waals surface area contributed by atoms with E-state index in [1.54, 1.807) is 23.6 Å². The third kappa shape index (κ3) is 2.96. The van der Waals surface area contributed by atoms with E-state index >= 15 is 0 Å². The topological polar surface area (TPSA) is 62.3 Å². The highest BCUT2D eigenvalue weighted by Gasteiger charge is 2.34. The molecule has 1 unspecified atom stereocenters. The molecule has 0 spiro atoms. The second-order valence-electron chi connectivity index (χ2n) is 5.18. The van der Waals surface area contributed by atoms with Crippen molar-refractivity contribution in [1.82, 2.24) is 9.29 Å². The summed E-state index contributed by atoms with van der Waals surface area (Å²) >= 11 is 0. The quantitative estimate of drug-likeness (QED) is 0.907. The number of nitrogens with zero attached hydrogens (tertiary/aromatic N) is 2. The minimum atomic E-state index is -3.47. The van der Waals surface area contributed by atoms with E-state index in [1.807, 2.05) is 0 Å². The predicted octanol–water partition coefficient (Wildman–Crippen LogP) is 2.47. The van der Waals surface area contributed by atoms with E-state index in [9.17, 15) is 8.42 Å². The summed E-state index contributed by atoms with van der Waals surface area (Å²) in [5, 5.41) is 2.94. The standard InChI is InChI=1S/C14H23N3O2S/c1-3-6-12-7-4-5-10-17(12)20(18,19)14-11-16-9-8-13(14)15-2/h8-9,11-12H,3-7,10H2,1-2H3,(H,15,16). The molecular weight excluding hydrogens is 274 g/mol. The van der Waals surface area contributed by atoms with Gasteiger partial charge in [-0.1, -0.05) is 19.8 Å². The van der Waals surface area contributed by atoms with Gasteiger partial charge >= 0.3 is 0 Å². The smallest absolute Gasteiger partial charge is 0.246 e. The van der Waals surface area contributed by atoms with Crippen LogP contribution in [0, 0.1) is 0 Å². The van der Waals surface area contributed by atoms with Gasteiger partial charge in [0.25, 0.3) is 0 Å². The van der Waals surface area contributed by atoms with E-state index in [0.29, 0.717) is 12.2 Å². The summed E-state index contributed by atoms with van der Waals surface area (Å²) < 4.78 is 27.5. The number of hydrogen-bond acceptors (Lipinski definition) is 4. The molecule has 0 bridgehead atoms. The monoisotopic (exact) mass is 297 g/mol. The Morgan fingerprint density at radius 3 is 2.95 bits per heavy atom. The van der Waals surface area contributed by atoms with Crippen molar-refractivity contribution in [2.45, 2.75) is 50.0 Å². The SMILES string of the molecule is CCCC1CCCCN1S(=O)(=O)c1cnccc1NC. The lowest BCUT2D eigenvalue weighted by Crippen LogP contribution is -2.43. The zero-order chi connectivity index (χ0) is 14.6. The molecule has 1 aliphatic heterocycles. The Hall–Kier alpha value is -1.14. The van der Waals surface area contributed by atoms with Gasteiger partial charge in [-0.2, -0.15) is 4.31 Å². The van der Waals surface area contributed by atoms with Crippen molar-refractivity contribution in [1.29, 1.82) is 0 Å². The molecule has 1 atom stereocenters. The van der Waals surface area contributed by atoms with Crippen molar-refractivity contribution in [3.05, 3.63) is 18.5 Å². The van der Waals surface area contributed by atoms with Gasteiger partial charge in [-0.25, -0.2) is 8.42 Å². The number of pyridine rings is 1. The summed E-state index contributed by atoms with van der Waals surface area (Å²) in [4.78, 5) is 4.26. The second-order valence-corrected chi connectivity index (χ2v) is 7.03. The fourth-order valence-corrected chi connectivity index (χ4v) is 4.70. The number of sulfonamides is 1. The van der Waals surface area contributed by atoms with E-state index in [-0.39, 0.29) is 10.9 Å². The number of hydrogen-bond donors (Lipinski definition) is 1. The minimum absolute atomic E-state index is 0.128. The van der Waals surface area contributed by atoms with Crippen LogP contribution >= 0.6 is 0 Å². The lowest BCUT2D eigenvalue weighted by atomic mass is 10.0. The van der Waals surface area contributed by atoms with Crippen LogP contribution in [0.3, 0.4) is 0 Å². The van der Waals surface area contributed by atoms with E-state index < -0.39 is 10.0 Å². The van der Waals surface area contributed by atoms with Crippen LogP contribution in [0.1, 0.15) is 39.0 Å². The normalized spacial score (nSPS) is 20.8. The molecule has 2 heterocycles. The summed E-state index contributed by atoms with van der Waals surface area (Å²) in [6.07, 6.45) is 7.99. The largest absolute Gasteiger partial charge is 0.387 e. The lowest BCUT2D eigenvalue weighted by molar-refractivity contribution is 0.239. The van der Waals surface area contributed by atoms with Crippen molar-refractivity contribution in [2.75, 3.05) is 18.9 Å². The van der Waals surface area contributed by atoms with Gasteiger partial charge in [0.05, 0.1) is 5.69 Å². The average Bonchev–Trinajstić information content (AvgIpc) is 2.48. The second kappa shape index (κ2) is 6.54.